The second-order valence-electron chi connectivity index (χ2n) is 15.5. The largest absolute Gasteiger partial charge is 0.247 e. The van der Waals surface area contributed by atoms with Crippen LogP contribution in [0.2, 0.25) is 0 Å². The van der Waals surface area contributed by atoms with Crippen LogP contribution >= 0.6 is 0 Å². The number of aromatic nitrogens is 3. The molecule has 1 aliphatic rings. The van der Waals surface area contributed by atoms with Crippen LogP contribution in [0.4, 0.5) is 0 Å². The van der Waals surface area contributed by atoms with Crippen LogP contribution in [-0.4, -0.2) is 15.0 Å². The Morgan fingerprint density at radius 2 is 1.00 bits per heavy atom. The lowest BCUT2D eigenvalue weighted by molar-refractivity contribution is 0.662. The van der Waals surface area contributed by atoms with Crippen molar-refractivity contribution in [3.8, 4) is 67.4 Å². The standard InChI is InChI=1S/C54H37N3/c1-54(2)45-24-14-13-23-44(45)52-51(54)49(50-40-20-10-9-15-34(40)29-32-46(50)55-52)37-27-25-35(26-28-37)39-30-31-43(42-22-12-11-21-41(39)42)48-33-47(36-16-5-3-6-17-36)56-53(57-48)38-18-7-4-8-19-38/h3-33H,1-2H3. The number of benzene rings is 8. The molecule has 3 heteroatoms. The van der Waals surface area contributed by atoms with Gasteiger partial charge in [-0.15, -0.1) is 0 Å². The molecule has 0 N–H and O–H groups in total. The molecule has 0 amide bonds. The molecule has 268 valence electrons. The molecule has 0 unspecified atom stereocenters. The van der Waals surface area contributed by atoms with Crippen LogP contribution in [-0.2, 0) is 5.41 Å². The van der Waals surface area contributed by atoms with E-state index in [9.17, 15) is 0 Å². The molecule has 57 heavy (non-hydrogen) atoms. The number of rotatable bonds is 5. The summed E-state index contributed by atoms with van der Waals surface area (Å²) in [6.45, 7) is 4.70. The Labute approximate surface area is 332 Å². The molecule has 0 saturated carbocycles. The van der Waals surface area contributed by atoms with Gasteiger partial charge in [0, 0.05) is 33.1 Å². The first-order valence-electron chi connectivity index (χ1n) is 19.6. The fourth-order valence-corrected chi connectivity index (χ4v) is 9.15. The monoisotopic (exact) mass is 727 g/mol. The average molecular weight is 728 g/mol. The van der Waals surface area contributed by atoms with E-state index >= 15 is 0 Å². The van der Waals surface area contributed by atoms with Crippen LogP contribution in [0.1, 0.15) is 25.0 Å². The molecule has 0 saturated heterocycles. The molecule has 2 aromatic heterocycles. The molecule has 1 aliphatic carbocycles. The van der Waals surface area contributed by atoms with Gasteiger partial charge in [0.15, 0.2) is 5.82 Å². The van der Waals surface area contributed by atoms with E-state index in [-0.39, 0.29) is 5.41 Å². The first-order valence-corrected chi connectivity index (χ1v) is 19.6. The molecule has 0 bridgehead atoms. The van der Waals surface area contributed by atoms with Crippen molar-refractivity contribution in [1.29, 1.82) is 0 Å². The molecule has 0 spiro atoms. The summed E-state index contributed by atoms with van der Waals surface area (Å²) in [4.78, 5) is 15.6. The van der Waals surface area contributed by atoms with Crippen LogP contribution in [0.15, 0.2) is 188 Å². The highest BCUT2D eigenvalue weighted by Crippen LogP contribution is 2.54. The lowest BCUT2D eigenvalue weighted by atomic mass is 9.78. The predicted octanol–water partition coefficient (Wildman–Crippen LogP) is 14.0. The van der Waals surface area contributed by atoms with Gasteiger partial charge in [-0.2, -0.15) is 0 Å². The first kappa shape index (κ1) is 33.1. The van der Waals surface area contributed by atoms with Gasteiger partial charge in [0.05, 0.1) is 22.6 Å². The van der Waals surface area contributed by atoms with Gasteiger partial charge in [0.25, 0.3) is 0 Å². The van der Waals surface area contributed by atoms with Crippen molar-refractivity contribution >= 4 is 32.4 Å². The fraction of sp³-hybridized carbons (Fsp3) is 0.0556. The Morgan fingerprint density at radius 1 is 0.404 bits per heavy atom. The Hall–Kier alpha value is -7.23. The molecule has 11 rings (SSSR count). The van der Waals surface area contributed by atoms with Gasteiger partial charge in [-0.1, -0.05) is 190 Å². The van der Waals surface area contributed by atoms with Crippen molar-refractivity contribution in [2.75, 3.05) is 0 Å². The zero-order chi connectivity index (χ0) is 38.1. The number of hydrogen-bond acceptors (Lipinski definition) is 3. The van der Waals surface area contributed by atoms with Crippen LogP contribution in [0, 0.1) is 0 Å². The van der Waals surface area contributed by atoms with Gasteiger partial charge in [0.2, 0.25) is 0 Å². The maximum atomic E-state index is 5.40. The Bertz CT molecular complexity index is 3130. The lowest BCUT2D eigenvalue weighted by Gasteiger charge is -2.26. The molecule has 0 fully saturated rings. The highest BCUT2D eigenvalue weighted by Gasteiger charge is 2.39. The summed E-state index contributed by atoms with van der Waals surface area (Å²) in [5.41, 5.74) is 15.5. The Morgan fingerprint density at radius 3 is 1.77 bits per heavy atom. The van der Waals surface area contributed by atoms with E-state index in [1.807, 2.05) is 24.3 Å². The molecule has 8 aromatic carbocycles. The minimum atomic E-state index is -0.216. The van der Waals surface area contributed by atoms with E-state index in [0.29, 0.717) is 5.82 Å². The molecule has 0 aliphatic heterocycles. The van der Waals surface area contributed by atoms with E-state index in [1.165, 1.54) is 60.5 Å². The fourth-order valence-electron chi connectivity index (χ4n) is 9.15. The molecular weight excluding hydrogens is 691 g/mol. The van der Waals surface area contributed by atoms with Crippen LogP contribution in [0.3, 0.4) is 0 Å². The zero-order valence-electron chi connectivity index (χ0n) is 31.7. The molecule has 0 radical (unpaired) electrons. The maximum absolute atomic E-state index is 5.40. The van der Waals surface area contributed by atoms with E-state index in [1.54, 1.807) is 0 Å². The highest BCUT2D eigenvalue weighted by molar-refractivity contribution is 6.16. The Balaban J connectivity index is 1.08. The number of pyridine rings is 1. The van der Waals surface area contributed by atoms with Crippen molar-refractivity contribution in [2.45, 2.75) is 19.3 Å². The third kappa shape index (κ3) is 5.31. The van der Waals surface area contributed by atoms with Gasteiger partial charge in [-0.05, 0) is 67.1 Å². The zero-order valence-corrected chi connectivity index (χ0v) is 31.7. The number of fused-ring (bicyclic) bond motifs is 7. The van der Waals surface area contributed by atoms with E-state index in [2.05, 4.69) is 178 Å². The summed E-state index contributed by atoms with van der Waals surface area (Å²) in [5, 5.41) is 6.00. The van der Waals surface area contributed by atoms with Crippen molar-refractivity contribution in [3.05, 3.63) is 199 Å². The molecular formula is C54H37N3. The van der Waals surface area contributed by atoms with E-state index < -0.39 is 0 Å². The summed E-state index contributed by atoms with van der Waals surface area (Å²) in [6, 6.07) is 67.0. The predicted molar refractivity (Wildman–Crippen MR) is 237 cm³/mol. The minimum Gasteiger partial charge on any atom is -0.247 e. The SMILES string of the molecule is CC1(C)c2ccccc2-c2nc3ccc4ccccc4c3c(-c3ccc(-c4ccc(-c5cc(-c6ccccc6)nc(-c6ccccc6)n5)c5ccccc45)cc3)c21. The summed E-state index contributed by atoms with van der Waals surface area (Å²) in [7, 11) is 0. The number of nitrogens with zero attached hydrogens (tertiary/aromatic N) is 3. The molecule has 10 aromatic rings. The van der Waals surface area contributed by atoms with Gasteiger partial charge in [0.1, 0.15) is 0 Å². The van der Waals surface area contributed by atoms with Gasteiger partial charge in [-0.3, -0.25) is 0 Å². The van der Waals surface area contributed by atoms with E-state index in [0.717, 1.165) is 44.7 Å². The van der Waals surface area contributed by atoms with Crippen LogP contribution in [0.5, 0.6) is 0 Å². The topological polar surface area (TPSA) is 38.7 Å². The van der Waals surface area contributed by atoms with Gasteiger partial charge in [-0.25, -0.2) is 15.0 Å². The van der Waals surface area contributed by atoms with Gasteiger partial charge >= 0.3 is 0 Å². The van der Waals surface area contributed by atoms with Gasteiger partial charge < -0.3 is 0 Å². The second-order valence-corrected chi connectivity index (χ2v) is 15.5. The normalized spacial score (nSPS) is 12.9. The Kier molecular flexibility index (Phi) is 7.52. The van der Waals surface area contributed by atoms with Crippen molar-refractivity contribution in [3.63, 3.8) is 0 Å². The average Bonchev–Trinajstić information content (AvgIpc) is 3.51. The minimum absolute atomic E-state index is 0.216. The first-order chi connectivity index (χ1) is 28.0. The molecule has 0 atom stereocenters. The number of hydrogen-bond donors (Lipinski definition) is 0. The third-order valence-electron chi connectivity index (χ3n) is 11.9. The quantitative estimate of drug-likeness (QED) is 0.166. The van der Waals surface area contributed by atoms with Crippen molar-refractivity contribution < 1.29 is 0 Å². The van der Waals surface area contributed by atoms with E-state index in [4.69, 9.17) is 15.0 Å². The second kappa shape index (κ2) is 12.9. The third-order valence-corrected chi connectivity index (χ3v) is 11.9. The van der Waals surface area contributed by atoms with Crippen molar-refractivity contribution in [2.24, 2.45) is 0 Å². The van der Waals surface area contributed by atoms with Crippen LogP contribution < -0.4 is 0 Å². The summed E-state index contributed by atoms with van der Waals surface area (Å²) in [6.07, 6.45) is 0. The maximum Gasteiger partial charge on any atom is 0.160 e. The smallest absolute Gasteiger partial charge is 0.160 e. The summed E-state index contributed by atoms with van der Waals surface area (Å²) >= 11 is 0. The van der Waals surface area contributed by atoms with Crippen LogP contribution in [0.25, 0.3) is 99.9 Å². The summed E-state index contributed by atoms with van der Waals surface area (Å²) < 4.78 is 0. The van der Waals surface area contributed by atoms with Crippen molar-refractivity contribution in [1.82, 2.24) is 15.0 Å². The lowest BCUT2D eigenvalue weighted by Crippen LogP contribution is -2.16. The highest BCUT2D eigenvalue weighted by atomic mass is 14.9. The molecule has 2 heterocycles. The molecule has 3 nitrogen and oxygen atoms in total. The summed E-state index contributed by atoms with van der Waals surface area (Å²) in [5.74, 6) is 0.713.